The highest BCUT2D eigenvalue weighted by Gasteiger charge is 2.20. The molecule has 17 heavy (non-hydrogen) atoms. The zero-order valence-electron chi connectivity index (χ0n) is 9.61. The van der Waals surface area contributed by atoms with Gasteiger partial charge in [-0.25, -0.2) is 8.60 Å². The summed E-state index contributed by atoms with van der Waals surface area (Å²) >= 11 is 0. The van der Waals surface area contributed by atoms with Crippen LogP contribution in [0.1, 0.15) is 12.8 Å². The maximum absolute atomic E-state index is 13.7. The average molecular weight is 258 g/mol. The molecular formula is C11H15FN2O2S. The fraction of sp³-hybridized carbons (Fsp3) is 0.455. The third-order valence-corrected chi connectivity index (χ3v) is 5.12. The summed E-state index contributed by atoms with van der Waals surface area (Å²) in [5, 5.41) is 0. The van der Waals surface area contributed by atoms with Crippen molar-refractivity contribution in [3.63, 3.8) is 0 Å². The van der Waals surface area contributed by atoms with Crippen LogP contribution >= 0.6 is 0 Å². The molecule has 2 N–H and O–H groups in total. The van der Waals surface area contributed by atoms with Crippen molar-refractivity contribution < 1.29 is 13.3 Å². The molecule has 1 saturated heterocycles. The maximum Gasteiger partial charge on any atom is 0.171 e. The number of methoxy groups -OCH3 is 1. The predicted molar refractivity (Wildman–Crippen MR) is 66.6 cm³/mol. The topological polar surface area (TPSA) is 64.7 Å². The normalized spacial score (nSPS) is 18.0. The van der Waals surface area contributed by atoms with Gasteiger partial charge in [0.05, 0.1) is 22.5 Å². The molecule has 0 spiro atoms. The summed E-state index contributed by atoms with van der Waals surface area (Å²) in [6.45, 7) is 0. The lowest BCUT2D eigenvalue weighted by molar-refractivity contribution is 0.415. The molecule has 0 unspecified atom stereocenters. The van der Waals surface area contributed by atoms with Crippen LogP contribution in [0, 0.1) is 5.82 Å². The number of nitrogen functional groups attached to an aromatic ring is 1. The summed E-state index contributed by atoms with van der Waals surface area (Å²) in [5.74, 6) is 0.653. The molecule has 1 aliphatic rings. The quantitative estimate of drug-likeness (QED) is 0.828. The van der Waals surface area contributed by atoms with Crippen LogP contribution in [0.25, 0.3) is 0 Å². The van der Waals surface area contributed by atoms with E-state index in [1.54, 1.807) is 0 Å². The Kier molecular flexibility index (Phi) is 3.24. The molecule has 0 aliphatic carbocycles. The number of nitrogens with zero attached hydrogens (tertiary/aromatic N) is 1. The first-order valence-electron chi connectivity index (χ1n) is 5.40. The first kappa shape index (κ1) is 12.2. The van der Waals surface area contributed by atoms with Crippen LogP contribution in [-0.2, 0) is 9.73 Å². The minimum Gasteiger partial charge on any atom is -0.492 e. The van der Waals surface area contributed by atoms with E-state index in [9.17, 15) is 8.60 Å². The molecule has 0 saturated carbocycles. The lowest BCUT2D eigenvalue weighted by Gasteiger charge is -2.09. The van der Waals surface area contributed by atoms with E-state index < -0.39 is 15.5 Å². The maximum atomic E-state index is 13.7. The Morgan fingerprint density at radius 3 is 2.65 bits per heavy atom. The summed E-state index contributed by atoms with van der Waals surface area (Å²) in [7, 11) is -0.935. The van der Waals surface area contributed by atoms with Crippen molar-refractivity contribution in [3.05, 3.63) is 17.9 Å². The number of nitrogens with two attached hydrogens (primary N) is 1. The first-order valence-corrected chi connectivity index (χ1v) is 7.25. The Morgan fingerprint density at radius 2 is 2.06 bits per heavy atom. The van der Waals surface area contributed by atoms with Crippen molar-refractivity contribution in [2.45, 2.75) is 12.8 Å². The second-order valence-corrected chi connectivity index (χ2v) is 6.54. The highest BCUT2D eigenvalue weighted by molar-refractivity contribution is 7.93. The molecule has 0 aromatic heterocycles. The lowest BCUT2D eigenvalue weighted by Crippen LogP contribution is -2.01. The SMILES string of the molecule is COc1c(N)ccc(F)c1N=S1(=O)CCCC1. The highest BCUT2D eigenvalue weighted by atomic mass is 32.2. The van der Waals surface area contributed by atoms with Crippen LogP contribution in [0.5, 0.6) is 5.75 Å². The van der Waals surface area contributed by atoms with Crippen molar-refractivity contribution in [1.29, 1.82) is 0 Å². The third-order valence-electron chi connectivity index (χ3n) is 2.75. The van der Waals surface area contributed by atoms with Crippen LogP contribution in [0.4, 0.5) is 15.8 Å². The lowest BCUT2D eigenvalue weighted by atomic mass is 10.2. The smallest absolute Gasteiger partial charge is 0.171 e. The van der Waals surface area contributed by atoms with E-state index in [1.807, 2.05) is 0 Å². The minimum absolute atomic E-state index is 0.0144. The van der Waals surface area contributed by atoms with E-state index in [0.29, 0.717) is 17.2 Å². The van der Waals surface area contributed by atoms with Crippen molar-refractivity contribution in [1.82, 2.24) is 0 Å². The van der Waals surface area contributed by atoms with Gasteiger partial charge in [-0.2, -0.15) is 4.36 Å². The van der Waals surface area contributed by atoms with Gasteiger partial charge < -0.3 is 10.5 Å². The molecule has 0 radical (unpaired) electrons. The average Bonchev–Trinajstić information content (AvgIpc) is 2.71. The van der Waals surface area contributed by atoms with Gasteiger partial charge in [-0.3, -0.25) is 0 Å². The molecular weight excluding hydrogens is 243 g/mol. The molecule has 1 heterocycles. The van der Waals surface area contributed by atoms with Crippen LogP contribution in [-0.4, -0.2) is 22.8 Å². The van der Waals surface area contributed by atoms with Gasteiger partial charge in [-0.1, -0.05) is 0 Å². The van der Waals surface area contributed by atoms with E-state index >= 15 is 0 Å². The molecule has 1 fully saturated rings. The third kappa shape index (κ3) is 2.36. The van der Waals surface area contributed by atoms with Gasteiger partial charge in [-0.15, -0.1) is 0 Å². The monoisotopic (exact) mass is 258 g/mol. The Bertz CT molecular complexity index is 539. The van der Waals surface area contributed by atoms with Gasteiger partial charge in [0.2, 0.25) is 0 Å². The van der Waals surface area contributed by atoms with Gasteiger partial charge >= 0.3 is 0 Å². The molecule has 2 rings (SSSR count). The summed E-state index contributed by atoms with van der Waals surface area (Å²) in [6, 6.07) is 2.63. The number of anilines is 1. The number of ether oxygens (including phenoxy) is 1. The molecule has 1 aromatic rings. The van der Waals surface area contributed by atoms with Crippen LogP contribution < -0.4 is 10.5 Å². The van der Waals surface area contributed by atoms with E-state index in [4.69, 9.17) is 10.5 Å². The summed E-state index contributed by atoms with van der Waals surface area (Å²) in [4.78, 5) is 0. The zero-order chi connectivity index (χ0) is 12.5. The first-order chi connectivity index (χ1) is 8.06. The van der Waals surface area contributed by atoms with Gasteiger partial charge in [0.15, 0.2) is 17.3 Å². The Morgan fingerprint density at radius 1 is 1.41 bits per heavy atom. The van der Waals surface area contributed by atoms with Crippen LogP contribution in [0.3, 0.4) is 0 Å². The molecule has 94 valence electrons. The fourth-order valence-corrected chi connectivity index (χ4v) is 4.08. The van der Waals surface area contributed by atoms with Crippen molar-refractivity contribution in [3.8, 4) is 5.75 Å². The highest BCUT2D eigenvalue weighted by Crippen LogP contribution is 2.37. The largest absolute Gasteiger partial charge is 0.492 e. The molecule has 0 atom stereocenters. The van der Waals surface area contributed by atoms with E-state index in [0.717, 1.165) is 12.8 Å². The minimum atomic E-state index is -2.33. The number of benzene rings is 1. The number of rotatable bonds is 2. The summed E-state index contributed by atoms with van der Waals surface area (Å²) in [6.07, 6.45) is 1.74. The number of hydrogen-bond donors (Lipinski definition) is 1. The molecule has 1 aromatic carbocycles. The Labute approximate surface area is 100 Å². The second kappa shape index (κ2) is 4.52. The van der Waals surface area contributed by atoms with Crippen LogP contribution in [0.15, 0.2) is 16.5 Å². The molecule has 0 bridgehead atoms. The van der Waals surface area contributed by atoms with E-state index in [2.05, 4.69) is 4.36 Å². The van der Waals surface area contributed by atoms with Crippen molar-refractivity contribution >= 4 is 21.1 Å². The number of hydrogen-bond acceptors (Lipinski definition) is 4. The van der Waals surface area contributed by atoms with Gasteiger partial charge in [-0.05, 0) is 25.0 Å². The Balaban J connectivity index is 2.59. The van der Waals surface area contributed by atoms with Gasteiger partial charge in [0, 0.05) is 11.5 Å². The second-order valence-electron chi connectivity index (χ2n) is 4.00. The van der Waals surface area contributed by atoms with E-state index in [-0.39, 0.29) is 11.4 Å². The summed E-state index contributed by atoms with van der Waals surface area (Å²) < 4.78 is 35.0. The summed E-state index contributed by atoms with van der Waals surface area (Å²) in [5.41, 5.74) is 5.96. The molecule has 4 nitrogen and oxygen atoms in total. The van der Waals surface area contributed by atoms with Gasteiger partial charge in [0.1, 0.15) is 0 Å². The molecule has 0 amide bonds. The fourth-order valence-electron chi connectivity index (χ4n) is 1.88. The zero-order valence-corrected chi connectivity index (χ0v) is 10.4. The van der Waals surface area contributed by atoms with Crippen molar-refractivity contribution in [2.24, 2.45) is 4.36 Å². The molecule has 1 aliphatic heterocycles. The number of halogens is 1. The Hall–Kier alpha value is -1.30. The van der Waals surface area contributed by atoms with Crippen LogP contribution in [0.2, 0.25) is 0 Å². The molecule has 6 heteroatoms. The van der Waals surface area contributed by atoms with E-state index in [1.165, 1.54) is 19.2 Å². The van der Waals surface area contributed by atoms with Gasteiger partial charge in [0.25, 0.3) is 0 Å². The predicted octanol–water partition coefficient (Wildman–Crippen LogP) is 2.31. The standard InChI is InChI=1S/C11H15FN2O2S/c1-16-11-9(13)5-4-8(12)10(11)14-17(15)6-2-3-7-17/h4-5H,2-3,6-7,13H2,1H3. The van der Waals surface area contributed by atoms with Crippen molar-refractivity contribution in [2.75, 3.05) is 24.3 Å².